The smallest absolute Gasteiger partial charge is 0.315 e. The van der Waals surface area contributed by atoms with Gasteiger partial charge < -0.3 is 18.9 Å². The van der Waals surface area contributed by atoms with Gasteiger partial charge in [0.1, 0.15) is 29.3 Å². The number of epoxide rings is 1. The van der Waals surface area contributed by atoms with Crippen molar-refractivity contribution in [2.45, 2.75) is 56.4 Å². The lowest BCUT2D eigenvalue weighted by Crippen LogP contribution is -2.55. The van der Waals surface area contributed by atoms with Crippen LogP contribution in [0.5, 0.6) is 0 Å². The largest absolute Gasteiger partial charge is 0.465 e. The van der Waals surface area contributed by atoms with Crippen molar-refractivity contribution in [2.75, 3.05) is 6.61 Å². The van der Waals surface area contributed by atoms with Crippen LogP contribution in [0.1, 0.15) is 27.2 Å². The van der Waals surface area contributed by atoms with Crippen LogP contribution in [0.2, 0.25) is 0 Å². The Morgan fingerprint density at radius 2 is 1.94 bits per heavy atom. The van der Waals surface area contributed by atoms with Gasteiger partial charge in [0.25, 0.3) is 0 Å². The highest BCUT2D eigenvalue weighted by Crippen LogP contribution is 2.66. The van der Waals surface area contributed by atoms with Crippen LogP contribution in [-0.4, -0.2) is 41.8 Å². The summed E-state index contributed by atoms with van der Waals surface area (Å²) in [5.41, 5.74) is -0.977. The maximum absolute atomic E-state index is 12.0. The first-order valence-electron chi connectivity index (χ1n) is 6.12. The Hall–Kier alpha value is -0.650. The summed E-state index contributed by atoms with van der Waals surface area (Å²) in [6.07, 6.45) is 0.535. The molecule has 0 amide bonds. The molecule has 1 spiro atoms. The summed E-state index contributed by atoms with van der Waals surface area (Å²) in [6.45, 7) is 6.14. The molecule has 3 heterocycles. The molecule has 17 heavy (non-hydrogen) atoms. The van der Waals surface area contributed by atoms with E-state index in [0.717, 1.165) is 0 Å². The number of fused-ring (bicyclic) bond motifs is 3. The van der Waals surface area contributed by atoms with Crippen LogP contribution in [0, 0.1) is 5.92 Å². The normalized spacial score (nSPS) is 58.1. The Bertz CT molecular complexity index is 419. The molecule has 4 aliphatic rings. The molecule has 3 aliphatic heterocycles. The summed E-state index contributed by atoms with van der Waals surface area (Å²) in [5, 5.41) is 0. The van der Waals surface area contributed by atoms with Crippen molar-refractivity contribution < 1.29 is 23.7 Å². The minimum Gasteiger partial charge on any atom is -0.465 e. The molecule has 0 aromatic heterocycles. The Balaban J connectivity index is 1.83. The number of hydrogen-bond donors (Lipinski definition) is 0. The molecule has 5 heteroatoms. The van der Waals surface area contributed by atoms with Crippen LogP contribution in [0.3, 0.4) is 0 Å². The lowest BCUT2D eigenvalue weighted by atomic mass is 9.80. The monoisotopic (exact) mass is 240 g/mol. The van der Waals surface area contributed by atoms with E-state index in [2.05, 4.69) is 0 Å². The van der Waals surface area contributed by atoms with Gasteiger partial charge in [0.05, 0.1) is 6.61 Å². The van der Waals surface area contributed by atoms with Crippen molar-refractivity contribution in [1.82, 2.24) is 0 Å². The predicted molar refractivity (Wildman–Crippen MR) is 55.1 cm³/mol. The third-order valence-electron chi connectivity index (χ3n) is 4.53. The fraction of sp³-hybridized carbons (Fsp3) is 0.917. The number of hydrogen-bond acceptors (Lipinski definition) is 5. The van der Waals surface area contributed by atoms with Gasteiger partial charge in [-0.25, -0.2) is 0 Å². The van der Waals surface area contributed by atoms with Crippen LogP contribution in [0.4, 0.5) is 0 Å². The second-order valence-electron chi connectivity index (χ2n) is 6.07. The van der Waals surface area contributed by atoms with E-state index in [4.69, 9.17) is 18.9 Å². The SMILES string of the molecule is CC1(C)O[C@@H]2[C@@H]3O[C@]3(C)C3C(=O)OCC[C@]32O1. The summed E-state index contributed by atoms with van der Waals surface area (Å²) in [6, 6.07) is 0. The minimum atomic E-state index is -0.645. The standard InChI is InChI=1S/C12H16O5/c1-10(2)15-8-7-11(3,16-7)6-9(13)14-5-4-12(6,8)17-10/h6-8H,4-5H2,1-3H3/t6?,7-,8+,11+,12-/m0/s1. The van der Waals surface area contributed by atoms with E-state index in [1.165, 1.54) is 0 Å². The molecule has 4 rings (SSSR count). The Morgan fingerprint density at radius 1 is 1.18 bits per heavy atom. The topological polar surface area (TPSA) is 57.3 Å². The molecule has 4 fully saturated rings. The first-order valence-corrected chi connectivity index (χ1v) is 6.12. The van der Waals surface area contributed by atoms with E-state index in [1.807, 2.05) is 20.8 Å². The Morgan fingerprint density at radius 3 is 2.71 bits per heavy atom. The van der Waals surface area contributed by atoms with E-state index < -0.39 is 17.0 Å². The van der Waals surface area contributed by atoms with Gasteiger partial charge in [0.15, 0.2) is 5.79 Å². The summed E-state index contributed by atoms with van der Waals surface area (Å²) >= 11 is 0. The van der Waals surface area contributed by atoms with Crippen molar-refractivity contribution in [3.63, 3.8) is 0 Å². The van der Waals surface area contributed by atoms with Crippen LogP contribution in [-0.2, 0) is 23.7 Å². The van der Waals surface area contributed by atoms with E-state index in [-0.39, 0.29) is 24.1 Å². The van der Waals surface area contributed by atoms with Gasteiger partial charge in [-0.2, -0.15) is 0 Å². The lowest BCUT2D eigenvalue weighted by Gasteiger charge is -2.39. The van der Waals surface area contributed by atoms with E-state index in [9.17, 15) is 4.79 Å². The average Bonchev–Trinajstić information content (AvgIpc) is 2.71. The zero-order chi connectivity index (χ0) is 12.1. The molecule has 1 unspecified atom stereocenters. The van der Waals surface area contributed by atoms with Crippen LogP contribution in [0.25, 0.3) is 0 Å². The number of esters is 1. The van der Waals surface area contributed by atoms with Gasteiger partial charge in [0.2, 0.25) is 0 Å². The number of carbonyl (C=O) groups is 1. The quantitative estimate of drug-likeness (QED) is 0.458. The van der Waals surface area contributed by atoms with E-state index in [1.54, 1.807) is 0 Å². The molecular weight excluding hydrogens is 224 g/mol. The zero-order valence-corrected chi connectivity index (χ0v) is 10.2. The summed E-state index contributed by atoms with van der Waals surface area (Å²) in [7, 11) is 0. The Labute approximate surface area is 99.3 Å². The van der Waals surface area contributed by atoms with Crippen molar-refractivity contribution >= 4 is 5.97 Å². The highest BCUT2D eigenvalue weighted by molar-refractivity contribution is 5.79. The molecule has 0 radical (unpaired) electrons. The zero-order valence-electron chi connectivity index (χ0n) is 10.2. The minimum absolute atomic E-state index is 0.0278. The molecule has 0 aromatic carbocycles. The molecule has 3 saturated heterocycles. The number of ether oxygens (including phenoxy) is 4. The second-order valence-corrected chi connectivity index (χ2v) is 6.07. The molecule has 0 N–H and O–H groups in total. The van der Waals surface area contributed by atoms with Gasteiger partial charge in [-0.15, -0.1) is 0 Å². The van der Waals surface area contributed by atoms with Gasteiger partial charge in [0, 0.05) is 6.42 Å². The maximum Gasteiger partial charge on any atom is 0.315 e. The van der Waals surface area contributed by atoms with E-state index >= 15 is 0 Å². The summed E-state index contributed by atoms with van der Waals surface area (Å²) in [5.74, 6) is -1.20. The fourth-order valence-electron chi connectivity index (χ4n) is 3.97. The van der Waals surface area contributed by atoms with Gasteiger partial charge in [-0.05, 0) is 20.8 Å². The van der Waals surface area contributed by atoms with Crippen molar-refractivity contribution in [3.8, 4) is 0 Å². The average molecular weight is 240 g/mol. The first-order chi connectivity index (χ1) is 7.89. The van der Waals surface area contributed by atoms with Crippen LogP contribution < -0.4 is 0 Å². The summed E-state index contributed by atoms with van der Waals surface area (Å²) in [4.78, 5) is 12.0. The molecule has 5 atom stereocenters. The number of rotatable bonds is 0. The van der Waals surface area contributed by atoms with Crippen molar-refractivity contribution in [1.29, 1.82) is 0 Å². The molecule has 1 saturated carbocycles. The van der Waals surface area contributed by atoms with Crippen molar-refractivity contribution in [3.05, 3.63) is 0 Å². The molecule has 0 bridgehead atoms. The highest BCUT2D eigenvalue weighted by Gasteiger charge is 2.84. The number of cyclic esters (lactones) is 1. The third kappa shape index (κ3) is 0.998. The molecular formula is C12H16O5. The van der Waals surface area contributed by atoms with Crippen LogP contribution >= 0.6 is 0 Å². The third-order valence-corrected chi connectivity index (χ3v) is 4.53. The lowest BCUT2D eigenvalue weighted by molar-refractivity contribution is -0.207. The van der Waals surface area contributed by atoms with Crippen molar-refractivity contribution in [2.24, 2.45) is 5.92 Å². The van der Waals surface area contributed by atoms with Gasteiger partial charge in [-0.3, -0.25) is 4.79 Å². The molecule has 5 nitrogen and oxygen atoms in total. The molecule has 0 aromatic rings. The highest BCUT2D eigenvalue weighted by atomic mass is 16.8. The molecule has 94 valence electrons. The van der Waals surface area contributed by atoms with Crippen LogP contribution in [0.15, 0.2) is 0 Å². The summed E-state index contributed by atoms with van der Waals surface area (Å²) < 4.78 is 22.9. The van der Waals surface area contributed by atoms with Gasteiger partial charge in [-0.1, -0.05) is 0 Å². The second kappa shape index (κ2) is 2.53. The fourth-order valence-corrected chi connectivity index (χ4v) is 3.97. The number of carbonyl (C=O) groups excluding carboxylic acids is 1. The maximum atomic E-state index is 12.0. The predicted octanol–water partition coefficient (Wildman–Crippen LogP) is 0.611. The van der Waals surface area contributed by atoms with E-state index in [0.29, 0.717) is 13.0 Å². The van der Waals surface area contributed by atoms with Gasteiger partial charge >= 0.3 is 5.97 Å². The Kier molecular flexibility index (Phi) is 1.53. The first kappa shape index (κ1) is 10.3. The molecule has 1 aliphatic carbocycles.